The van der Waals surface area contributed by atoms with Crippen LogP contribution >= 0.6 is 0 Å². The highest BCUT2D eigenvalue weighted by Gasteiger charge is 2.21. The molecule has 1 aromatic rings. The molecule has 94 valence electrons. The second kappa shape index (κ2) is 5.58. The predicted octanol–water partition coefficient (Wildman–Crippen LogP) is 1.04. The first-order valence-electron chi connectivity index (χ1n) is 4.93. The van der Waals surface area contributed by atoms with E-state index in [-0.39, 0.29) is 24.3 Å². The molecule has 18 heavy (non-hydrogen) atoms. The molecule has 0 spiro atoms. The fourth-order valence-electron chi connectivity index (χ4n) is 1.31. The number of carboxylic acid groups (broad SMARTS) is 1. The molecule has 0 fully saturated rings. The minimum absolute atomic E-state index is 0.0419. The zero-order chi connectivity index (χ0) is 13.7. The summed E-state index contributed by atoms with van der Waals surface area (Å²) in [5.41, 5.74) is -0.644. The molecule has 0 saturated heterocycles. The summed E-state index contributed by atoms with van der Waals surface area (Å²) >= 11 is 0. The Hall–Kier alpha value is -2.69. The summed E-state index contributed by atoms with van der Waals surface area (Å²) in [5.74, 6) is -1.24. The Morgan fingerprint density at radius 2 is 2.39 bits per heavy atom. The maximum Gasteiger partial charge on any atom is 0.337 e. The van der Waals surface area contributed by atoms with Crippen LogP contribution in [0.15, 0.2) is 12.3 Å². The highest BCUT2D eigenvalue weighted by Crippen LogP contribution is 2.25. The van der Waals surface area contributed by atoms with Gasteiger partial charge in [0.25, 0.3) is 0 Å². The van der Waals surface area contributed by atoms with Crippen LogP contribution in [0.2, 0.25) is 0 Å². The van der Waals surface area contributed by atoms with Gasteiger partial charge in [-0.1, -0.05) is 0 Å². The fraction of sp³-hybridized carbons (Fsp3) is 0.300. The van der Waals surface area contributed by atoms with E-state index in [2.05, 4.69) is 4.98 Å². The normalized spacial score (nSPS) is 9.56. The molecule has 8 nitrogen and oxygen atoms in total. The number of anilines is 1. The standard InChI is InChI=1S/C10H10N4O4/c1-13(4-2-3-11)9-8(14(17)18)5-7(6-12-9)10(15)16/h5-6H,2,4H2,1H3,(H,15,16). The third kappa shape index (κ3) is 2.91. The van der Waals surface area contributed by atoms with Gasteiger partial charge in [0.15, 0.2) is 0 Å². The molecule has 8 heteroatoms. The summed E-state index contributed by atoms with van der Waals surface area (Å²) < 4.78 is 0. The Morgan fingerprint density at radius 1 is 1.72 bits per heavy atom. The first-order valence-corrected chi connectivity index (χ1v) is 4.93. The van der Waals surface area contributed by atoms with E-state index in [1.807, 2.05) is 6.07 Å². The number of nitro groups is 1. The van der Waals surface area contributed by atoms with Crippen molar-refractivity contribution in [2.24, 2.45) is 0 Å². The third-order valence-corrected chi connectivity index (χ3v) is 2.21. The van der Waals surface area contributed by atoms with Gasteiger partial charge in [-0.15, -0.1) is 0 Å². The van der Waals surface area contributed by atoms with E-state index >= 15 is 0 Å². The molecule has 0 aliphatic heterocycles. The van der Waals surface area contributed by atoms with Crippen LogP contribution < -0.4 is 4.90 Å². The molecule has 0 saturated carbocycles. The Kier molecular flexibility index (Phi) is 4.15. The first kappa shape index (κ1) is 13.4. The number of carboxylic acids is 1. The van der Waals surface area contributed by atoms with Gasteiger partial charge in [0.2, 0.25) is 5.82 Å². The minimum Gasteiger partial charge on any atom is -0.478 e. The Morgan fingerprint density at radius 3 is 2.89 bits per heavy atom. The molecule has 0 unspecified atom stereocenters. The highest BCUT2D eigenvalue weighted by molar-refractivity contribution is 5.88. The highest BCUT2D eigenvalue weighted by atomic mass is 16.6. The molecule has 1 heterocycles. The van der Waals surface area contributed by atoms with Gasteiger partial charge >= 0.3 is 11.7 Å². The molecule has 1 rings (SSSR count). The van der Waals surface area contributed by atoms with Crippen LogP contribution in [0, 0.1) is 21.4 Å². The molecule has 1 N–H and O–H groups in total. The van der Waals surface area contributed by atoms with Crippen molar-refractivity contribution in [3.63, 3.8) is 0 Å². The van der Waals surface area contributed by atoms with Gasteiger partial charge in [0.05, 0.1) is 23.0 Å². The van der Waals surface area contributed by atoms with Gasteiger partial charge in [0.1, 0.15) is 0 Å². The number of hydrogen-bond acceptors (Lipinski definition) is 6. The van der Waals surface area contributed by atoms with Crippen molar-refractivity contribution in [2.45, 2.75) is 6.42 Å². The molecule has 0 aliphatic rings. The first-order chi connectivity index (χ1) is 8.47. The lowest BCUT2D eigenvalue weighted by atomic mass is 10.2. The number of pyridine rings is 1. The summed E-state index contributed by atoms with van der Waals surface area (Å²) in [7, 11) is 1.55. The number of aromatic nitrogens is 1. The zero-order valence-corrected chi connectivity index (χ0v) is 9.53. The molecular formula is C10H10N4O4. The van der Waals surface area contributed by atoms with Gasteiger partial charge in [0, 0.05) is 25.9 Å². The van der Waals surface area contributed by atoms with Crippen LogP contribution in [-0.2, 0) is 0 Å². The summed E-state index contributed by atoms with van der Waals surface area (Å²) in [6, 6.07) is 2.87. The number of rotatable bonds is 5. The molecule has 0 amide bonds. The number of carbonyl (C=O) groups is 1. The van der Waals surface area contributed by atoms with Crippen molar-refractivity contribution >= 4 is 17.5 Å². The van der Waals surface area contributed by atoms with Crippen molar-refractivity contribution in [2.75, 3.05) is 18.5 Å². The van der Waals surface area contributed by atoms with E-state index in [1.54, 1.807) is 7.05 Å². The summed E-state index contributed by atoms with van der Waals surface area (Å²) in [6.45, 7) is 0.275. The van der Waals surface area contributed by atoms with Crippen molar-refractivity contribution in [3.05, 3.63) is 27.9 Å². The maximum absolute atomic E-state index is 10.9. The molecule has 0 bridgehead atoms. The van der Waals surface area contributed by atoms with Gasteiger partial charge in [-0.25, -0.2) is 9.78 Å². The van der Waals surface area contributed by atoms with Crippen molar-refractivity contribution in [1.82, 2.24) is 4.98 Å². The second-order valence-corrected chi connectivity index (χ2v) is 3.46. The monoisotopic (exact) mass is 250 g/mol. The van der Waals surface area contributed by atoms with E-state index in [0.29, 0.717) is 0 Å². The fourth-order valence-corrected chi connectivity index (χ4v) is 1.31. The Balaban J connectivity index is 3.16. The lowest BCUT2D eigenvalue weighted by Crippen LogP contribution is -2.21. The van der Waals surface area contributed by atoms with Crippen molar-refractivity contribution in [3.8, 4) is 6.07 Å². The molecule has 0 atom stereocenters. The molecule has 1 aromatic heterocycles. The van der Waals surface area contributed by atoms with Crippen LogP contribution in [0.4, 0.5) is 11.5 Å². The largest absolute Gasteiger partial charge is 0.478 e. The third-order valence-electron chi connectivity index (χ3n) is 2.21. The van der Waals surface area contributed by atoms with Gasteiger partial charge in [-0.2, -0.15) is 5.26 Å². The van der Waals surface area contributed by atoms with E-state index < -0.39 is 16.6 Å². The topological polar surface area (TPSA) is 120 Å². The van der Waals surface area contributed by atoms with E-state index in [0.717, 1.165) is 12.3 Å². The van der Waals surface area contributed by atoms with Crippen LogP contribution in [0.25, 0.3) is 0 Å². The average Bonchev–Trinajstić information content (AvgIpc) is 2.34. The van der Waals surface area contributed by atoms with Crippen LogP contribution in [-0.4, -0.2) is 34.6 Å². The molecule has 0 aliphatic carbocycles. The van der Waals surface area contributed by atoms with Crippen LogP contribution in [0.5, 0.6) is 0 Å². The van der Waals surface area contributed by atoms with Gasteiger partial charge in [-0.05, 0) is 0 Å². The Bertz CT molecular complexity index is 523. The number of aromatic carboxylic acids is 1. The lowest BCUT2D eigenvalue weighted by molar-refractivity contribution is -0.384. The smallest absolute Gasteiger partial charge is 0.337 e. The maximum atomic E-state index is 10.9. The number of nitriles is 1. The van der Waals surface area contributed by atoms with Crippen molar-refractivity contribution in [1.29, 1.82) is 5.26 Å². The van der Waals surface area contributed by atoms with Gasteiger partial charge in [-0.3, -0.25) is 10.1 Å². The second-order valence-electron chi connectivity index (χ2n) is 3.46. The van der Waals surface area contributed by atoms with E-state index in [4.69, 9.17) is 10.4 Å². The molecular weight excluding hydrogens is 240 g/mol. The molecule has 0 radical (unpaired) electrons. The molecule has 0 aromatic carbocycles. The number of nitrogens with zero attached hydrogens (tertiary/aromatic N) is 4. The number of hydrogen-bond donors (Lipinski definition) is 1. The predicted molar refractivity (Wildman–Crippen MR) is 61.4 cm³/mol. The van der Waals surface area contributed by atoms with Gasteiger partial charge < -0.3 is 10.0 Å². The quantitative estimate of drug-likeness (QED) is 0.612. The Labute approximate surface area is 102 Å². The minimum atomic E-state index is -1.28. The summed E-state index contributed by atoms with van der Waals surface area (Å²) in [4.78, 5) is 26.1. The van der Waals surface area contributed by atoms with Crippen LogP contribution in [0.1, 0.15) is 16.8 Å². The van der Waals surface area contributed by atoms with Crippen molar-refractivity contribution < 1.29 is 14.8 Å². The average molecular weight is 250 g/mol. The summed E-state index contributed by atoms with van der Waals surface area (Å²) in [5, 5.41) is 28.0. The van der Waals surface area contributed by atoms with E-state index in [1.165, 1.54) is 4.90 Å². The van der Waals surface area contributed by atoms with Crippen LogP contribution in [0.3, 0.4) is 0 Å². The lowest BCUT2D eigenvalue weighted by Gasteiger charge is -2.16. The zero-order valence-electron chi connectivity index (χ0n) is 9.53. The summed E-state index contributed by atoms with van der Waals surface area (Å²) in [6.07, 6.45) is 1.24. The SMILES string of the molecule is CN(CCC#N)c1ncc(C(=O)O)cc1[N+](=O)[O-]. The van der Waals surface area contributed by atoms with E-state index in [9.17, 15) is 14.9 Å².